The van der Waals surface area contributed by atoms with Crippen molar-refractivity contribution in [2.75, 3.05) is 4.90 Å². The Kier molecular flexibility index (Phi) is 5.11. The molecule has 5 nitrogen and oxygen atoms in total. The van der Waals surface area contributed by atoms with Gasteiger partial charge in [-0.15, -0.1) is 0 Å². The second-order valence-electron chi connectivity index (χ2n) is 7.89. The number of hydrogen-bond donors (Lipinski definition) is 2. The highest BCUT2D eigenvalue weighted by atomic mass is 16.3. The predicted octanol–water partition coefficient (Wildman–Crippen LogP) is 4.94. The fourth-order valence-electron chi connectivity index (χ4n) is 3.99. The van der Waals surface area contributed by atoms with E-state index in [2.05, 4.69) is 0 Å². The number of carbonyl (C=O) groups excluding carboxylic acids is 2. The van der Waals surface area contributed by atoms with E-state index in [0.717, 1.165) is 16.7 Å². The van der Waals surface area contributed by atoms with E-state index < -0.39 is 17.7 Å². The highest BCUT2D eigenvalue weighted by Gasteiger charge is 2.47. The third-order valence-corrected chi connectivity index (χ3v) is 5.60. The summed E-state index contributed by atoms with van der Waals surface area (Å²) in [6.45, 7) is 5.58. The number of phenolic OH excluding ortho intramolecular Hbond substituents is 1. The van der Waals surface area contributed by atoms with Gasteiger partial charge in [-0.25, -0.2) is 0 Å². The van der Waals surface area contributed by atoms with Gasteiger partial charge in [0.15, 0.2) is 0 Å². The van der Waals surface area contributed by atoms with E-state index in [9.17, 15) is 19.8 Å². The summed E-state index contributed by atoms with van der Waals surface area (Å²) in [5, 5.41) is 21.8. The van der Waals surface area contributed by atoms with Gasteiger partial charge < -0.3 is 10.2 Å². The third kappa shape index (κ3) is 3.48. The maximum absolute atomic E-state index is 13.2. The van der Waals surface area contributed by atoms with E-state index >= 15 is 0 Å². The molecule has 0 radical (unpaired) electrons. The first-order chi connectivity index (χ1) is 14.8. The van der Waals surface area contributed by atoms with E-state index in [-0.39, 0.29) is 22.8 Å². The second-order valence-corrected chi connectivity index (χ2v) is 7.89. The molecule has 1 aliphatic heterocycles. The van der Waals surface area contributed by atoms with Crippen LogP contribution in [0.5, 0.6) is 5.75 Å². The van der Waals surface area contributed by atoms with Gasteiger partial charge in [-0.2, -0.15) is 0 Å². The topological polar surface area (TPSA) is 77.8 Å². The minimum absolute atomic E-state index is 0.00538. The van der Waals surface area contributed by atoms with Gasteiger partial charge in [0.05, 0.1) is 17.3 Å². The minimum atomic E-state index is -0.867. The lowest BCUT2D eigenvalue weighted by Crippen LogP contribution is -2.29. The van der Waals surface area contributed by atoms with Gasteiger partial charge in [-0.05, 0) is 55.7 Å². The molecule has 1 heterocycles. The van der Waals surface area contributed by atoms with Gasteiger partial charge in [0.25, 0.3) is 11.7 Å². The number of hydrogen-bond acceptors (Lipinski definition) is 4. The lowest BCUT2D eigenvalue weighted by atomic mass is 9.93. The number of phenols is 1. The van der Waals surface area contributed by atoms with Gasteiger partial charge in [0.2, 0.25) is 0 Å². The Morgan fingerprint density at radius 1 is 0.871 bits per heavy atom. The zero-order chi connectivity index (χ0) is 22.3. The number of benzene rings is 3. The maximum atomic E-state index is 13.2. The Bertz CT molecular complexity index is 1230. The summed E-state index contributed by atoms with van der Waals surface area (Å²) < 4.78 is 0. The highest BCUT2D eigenvalue weighted by Crippen LogP contribution is 2.45. The number of aliphatic hydroxyl groups excluding tert-OH is 1. The number of ketones is 1. The first-order valence-electron chi connectivity index (χ1n) is 10.0. The summed E-state index contributed by atoms with van der Waals surface area (Å²) in [6.07, 6.45) is 0. The lowest BCUT2D eigenvalue weighted by molar-refractivity contribution is -0.132. The Morgan fingerprint density at radius 2 is 1.52 bits per heavy atom. The molecular weight excluding hydrogens is 390 g/mol. The molecule has 0 spiro atoms. The number of aryl methyl sites for hydroxylation is 3. The first kappa shape index (κ1) is 20.4. The number of amides is 1. The summed E-state index contributed by atoms with van der Waals surface area (Å²) in [7, 11) is 0. The molecule has 1 atom stereocenters. The Balaban J connectivity index is 2.01. The molecule has 3 aromatic carbocycles. The molecule has 1 saturated heterocycles. The average Bonchev–Trinajstić information content (AvgIpc) is 3.02. The molecule has 0 aromatic heterocycles. The number of rotatable bonds is 3. The maximum Gasteiger partial charge on any atom is 0.300 e. The number of carbonyl (C=O) groups is 2. The van der Waals surface area contributed by atoms with Crippen molar-refractivity contribution in [2.24, 2.45) is 0 Å². The van der Waals surface area contributed by atoms with E-state index in [4.69, 9.17) is 0 Å². The van der Waals surface area contributed by atoms with Gasteiger partial charge in [-0.1, -0.05) is 54.1 Å². The van der Waals surface area contributed by atoms with Crippen LogP contribution in [-0.4, -0.2) is 21.9 Å². The highest BCUT2D eigenvalue weighted by molar-refractivity contribution is 6.52. The quantitative estimate of drug-likeness (QED) is 0.362. The van der Waals surface area contributed by atoms with Gasteiger partial charge in [0, 0.05) is 5.56 Å². The van der Waals surface area contributed by atoms with Crippen LogP contribution in [0, 0.1) is 20.8 Å². The molecule has 2 N–H and O–H groups in total. The van der Waals surface area contributed by atoms with Crippen molar-refractivity contribution in [1.82, 2.24) is 0 Å². The van der Waals surface area contributed by atoms with Crippen LogP contribution in [0.3, 0.4) is 0 Å². The normalized spacial score (nSPS) is 17.9. The van der Waals surface area contributed by atoms with Crippen LogP contribution in [0.15, 0.2) is 72.3 Å². The number of aromatic hydroxyl groups is 1. The monoisotopic (exact) mass is 413 g/mol. The molecule has 1 aliphatic rings. The van der Waals surface area contributed by atoms with Crippen LogP contribution in [0.25, 0.3) is 5.76 Å². The van der Waals surface area contributed by atoms with Crippen molar-refractivity contribution in [1.29, 1.82) is 0 Å². The van der Waals surface area contributed by atoms with E-state index in [1.54, 1.807) is 30.3 Å². The summed E-state index contributed by atoms with van der Waals surface area (Å²) >= 11 is 0. The Hall–Kier alpha value is -3.86. The fourth-order valence-corrected chi connectivity index (χ4v) is 3.99. The molecule has 5 heteroatoms. The second kappa shape index (κ2) is 7.76. The molecule has 4 rings (SSSR count). The molecule has 1 amide bonds. The summed E-state index contributed by atoms with van der Waals surface area (Å²) in [5.41, 5.74) is 3.95. The molecule has 3 aromatic rings. The predicted molar refractivity (Wildman–Crippen MR) is 120 cm³/mol. The zero-order valence-corrected chi connectivity index (χ0v) is 17.6. The molecule has 156 valence electrons. The standard InChI is InChI=1S/C26H23NO4/c1-15-9-11-17(3)19(13-15)24(29)22-23(18-7-5-4-6-8-18)27(26(31)25(22)30)20-14-16(2)10-12-21(20)28/h4-14,23,28-29H,1-3H3/b24-22+. The summed E-state index contributed by atoms with van der Waals surface area (Å²) in [5.74, 6) is -1.90. The third-order valence-electron chi connectivity index (χ3n) is 5.60. The van der Waals surface area contributed by atoms with Crippen LogP contribution in [0.4, 0.5) is 5.69 Å². The lowest BCUT2D eigenvalue weighted by Gasteiger charge is -2.26. The molecule has 0 aliphatic carbocycles. The molecule has 1 unspecified atom stereocenters. The van der Waals surface area contributed by atoms with Crippen molar-refractivity contribution in [3.63, 3.8) is 0 Å². The number of aliphatic hydroxyl groups is 1. The molecular formula is C26H23NO4. The molecule has 0 saturated carbocycles. The smallest absolute Gasteiger partial charge is 0.300 e. The average molecular weight is 413 g/mol. The van der Waals surface area contributed by atoms with Crippen molar-refractivity contribution < 1.29 is 19.8 Å². The SMILES string of the molecule is Cc1ccc(C)c(/C(O)=C2\C(=O)C(=O)N(c3cc(C)ccc3O)C2c2ccccc2)c1. The van der Waals surface area contributed by atoms with Crippen LogP contribution in [0.1, 0.15) is 33.9 Å². The van der Waals surface area contributed by atoms with Crippen LogP contribution in [0.2, 0.25) is 0 Å². The van der Waals surface area contributed by atoms with E-state index in [1.807, 2.05) is 51.1 Å². The Labute approximate surface area is 180 Å². The first-order valence-corrected chi connectivity index (χ1v) is 10.0. The van der Waals surface area contributed by atoms with Crippen molar-refractivity contribution in [3.8, 4) is 5.75 Å². The fraction of sp³-hybridized carbons (Fsp3) is 0.154. The summed E-state index contributed by atoms with van der Waals surface area (Å²) in [4.78, 5) is 27.6. The largest absolute Gasteiger partial charge is 0.507 e. The van der Waals surface area contributed by atoms with E-state index in [1.165, 1.54) is 11.0 Å². The van der Waals surface area contributed by atoms with Crippen molar-refractivity contribution in [2.45, 2.75) is 26.8 Å². The Morgan fingerprint density at radius 3 is 2.23 bits per heavy atom. The number of Topliss-reactive ketones (excluding diaryl/α,β-unsaturated/α-hetero) is 1. The van der Waals surface area contributed by atoms with Crippen LogP contribution >= 0.6 is 0 Å². The number of nitrogens with zero attached hydrogens (tertiary/aromatic N) is 1. The molecule has 31 heavy (non-hydrogen) atoms. The van der Waals surface area contributed by atoms with Crippen LogP contribution in [-0.2, 0) is 9.59 Å². The van der Waals surface area contributed by atoms with E-state index in [0.29, 0.717) is 11.1 Å². The van der Waals surface area contributed by atoms with Gasteiger partial charge in [-0.3, -0.25) is 14.5 Å². The van der Waals surface area contributed by atoms with Crippen LogP contribution < -0.4 is 4.90 Å². The number of anilines is 1. The van der Waals surface area contributed by atoms with Gasteiger partial charge >= 0.3 is 0 Å². The molecule has 0 bridgehead atoms. The summed E-state index contributed by atoms with van der Waals surface area (Å²) in [6, 6.07) is 18.7. The zero-order valence-electron chi connectivity index (χ0n) is 17.6. The minimum Gasteiger partial charge on any atom is -0.507 e. The molecule has 1 fully saturated rings. The van der Waals surface area contributed by atoms with Crippen molar-refractivity contribution >= 4 is 23.1 Å². The van der Waals surface area contributed by atoms with Gasteiger partial charge in [0.1, 0.15) is 11.5 Å². The van der Waals surface area contributed by atoms with Crippen molar-refractivity contribution in [3.05, 3.63) is 100 Å².